The Hall–Kier alpha value is -3.10. The number of ether oxygens (including phenoxy) is 1. The largest absolute Gasteiger partial charge is 0.497 e. The summed E-state index contributed by atoms with van der Waals surface area (Å²) in [7, 11) is 1.56. The van der Waals surface area contributed by atoms with Crippen molar-refractivity contribution in [1.82, 2.24) is 10.2 Å². The highest BCUT2D eigenvalue weighted by molar-refractivity contribution is 6.01. The summed E-state index contributed by atoms with van der Waals surface area (Å²) in [5.74, 6) is -2.00. The second-order valence-corrected chi connectivity index (χ2v) is 8.50. The van der Waals surface area contributed by atoms with Gasteiger partial charge in [0.05, 0.1) is 13.0 Å². The van der Waals surface area contributed by atoms with Gasteiger partial charge in [0, 0.05) is 25.2 Å². The van der Waals surface area contributed by atoms with Crippen LogP contribution in [0.3, 0.4) is 0 Å². The van der Waals surface area contributed by atoms with Gasteiger partial charge in [0.15, 0.2) is 0 Å². The van der Waals surface area contributed by atoms with Crippen molar-refractivity contribution in [2.75, 3.05) is 25.1 Å². The molecule has 2 aliphatic rings. The first kappa shape index (κ1) is 23.6. The number of aliphatic carboxylic acids is 1. The Morgan fingerprint density at radius 1 is 1.25 bits per heavy atom. The first-order chi connectivity index (χ1) is 15.3. The molecule has 2 saturated heterocycles. The van der Waals surface area contributed by atoms with Gasteiger partial charge in [0.25, 0.3) is 0 Å². The van der Waals surface area contributed by atoms with Crippen LogP contribution in [0.4, 0.5) is 5.69 Å². The number of carbonyl (C=O) groups excluding carboxylic acids is 3. The molecule has 1 aromatic rings. The molecular weight excluding hydrogens is 414 g/mol. The Bertz CT molecular complexity index is 871. The quantitative estimate of drug-likeness (QED) is 0.629. The number of amides is 3. The van der Waals surface area contributed by atoms with Crippen LogP contribution >= 0.6 is 0 Å². The summed E-state index contributed by atoms with van der Waals surface area (Å²) >= 11 is 0. The van der Waals surface area contributed by atoms with E-state index < -0.39 is 24.0 Å². The average Bonchev–Trinajstić information content (AvgIpc) is 3.43. The van der Waals surface area contributed by atoms with Gasteiger partial charge in [-0.3, -0.25) is 14.4 Å². The van der Waals surface area contributed by atoms with E-state index >= 15 is 0 Å². The molecule has 3 amide bonds. The predicted molar refractivity (Wildman–Crippen MR) is 117 cm³/mol. The van der Waals surface area contributed by atoms with Crippen molar-refractivity contribution in [1.29, 1.82) is 0 Å². The molecular formula is C23H31N3O6. The SMILES string of the molecule is CC[C@H](C)[C@H](NC(=O)[C@@H]1CC(=O)N(c2ccc(OC)cc2)C1)C(=O)N1CCC[C@H]1C(=O)O. The summed E-state index contributed by atoms with van der Waals surface area (Å²) in [5.41, 5.74) is 0.682. The zero-order chi connectivity index (χ0) is 23.4. The minimum absolute atomic E-state index is 0.0563. The van der Waals surface area contributed by atoms with Gasteiger partial charge >= 0.3 is 5.97 Å². The third kappa shape index (κ3) is 4.87. The van der Waals surface area contributed by atoms with Crippen LogP contribution in [0, 0.1) is 11.8 Å². The summed E-state index contributed by atoms with van der Waals surface area (Å²) < 4.78 is 5.14. The van der Waals surface area contributed by atoms with E-state index in [0.29, 0.717) is 37.2 Å². The molecule has 0 bridgehead atoms. The summed E-state index contributed by atoms with van der Waals surface area (Å²) in [6, 6.07) is 5.36. The maximum atomic E-state index is 13.2. The van der Waals surface area contributed by atoms with Crippen LogP contribution in [-0.2, 0) is 19.2 Å². The fourth-order valence-corrected chi connectivity index (χ4v) is 4.31. The van der Waals surface area contributed by atoms with Crippen LogP contribution in [0.1, 0.15) is 39.5 Å². The van der Waals surface area contributed by atoms with E-state index in [0.717, 1.165) is 0 Å². The van der Waals surface area contributed by atoms with Crippen molar-refractivity contribution in [3.8, 4) is 5.75 Å². The number of nitrogens with zero attached hydrogens (tertiary/aromatic N) is 2. The lowest BCUT2D eigenvalue weighted by atomic mass is 9.96. The molecule has 2 N–H and O–H groups in total. The molecule has 0 unspecified atom stereocenters. The molecule has 3 rings (SSSR count). The maximum Gasteiger partial charge on any atom is 0.326 e. The third-order valence-electron chi connectivity index (χ3n) is 6.48. The molecule has 32 heavy (non-hydrogen) atoms. The molecule has 0 aliphatic carbocycles. The minimum atomic E-state index is -1.03. The number of carboxylic acid groups (broad SMARTS) is 1. The van der Waals surface area contributed by atoms with Crippen molar-refractivity contribution in [3.05, 3.63) is 24.3 Å². The maximum absolute atomic E-state index is 13.2. The zero-order valence-corrected chi connectivity index (χ0v) is 18.7. The van der Waals surface area contributed by atoms with Crippen LogP contribution < -0.4 is 15.0 Å². The summed E-state index contributed by atoms with van der Waals surface area (Å²) in [5, 5.41) is 12.3. The molecule has 2 fully saturated rings. The Kier molecular flexibility index (Phi) is 7.37. The van der Waals surface area contributed by atoms with Gasteiger partial charge in [-0.05, 0) is 43.0 Å². The van der Waals surface area contributed by atoms with E-state index in [4.69, 9.17) is 4.74 Å². The fourth-order valence-electron chi connectivity index (χ4n) is 4.31. The Morgan fingerprint density at radius 2 is 1.94 bits per heavy atom. The van der Waals surface area contributed by atoms with Crippen LogP contribution in [-0.4, -0.2) is 66.0 Å². The number of benzene rings is 1. The van der Waals surface area contributed by atoms with Gasteiger partial charge < -0.3 is 25.0 Å². The number of likely N-dealkylation sites (tertiary alicyclic amines) is 1. The van der Waals surface area contributed by atoms with Crippen LogP contribution in [0.2, 0.25) is 0 Å². The lowest BCUT2D eigenvalue weighted by Crippen LogP contribution is -2.55. The Balaban J connectivity index is 1.70. The minimum Gasteiger partial charge on any atom is -0.497 e. The van der Waals surface area contributed by atoms with Crippen molar-refractivity contribution < 1.29 is 29.0 Å². The van der Waals surface area contributed by atoms with Crippen LogP contribution in [0.5, 0.6) is 5.75 Å². The molecule has 2 heterocycles. The van der Waals surface area contributed by atoms with E-state index in [2.05, 4.69) is 5.32 Å². The van der Waals surface area contributed by atoms with Crippen LogP contribution in [0.15, 0.2) is 24.3 Å². The van der Waals surface area contributed by atoms with E-state index in [-0.39, 0.29) is 36.6 Å². The zero-order valence-electron chi connectivity index (χ0n) is 18.7. The molecule has 174 valence electrons. The molecule has 0 spiro atoms. The number of carbonyl (C=O) groups is 4. The normalized spacial score (nSPS) is 22.5. The molecule has 0 radical (unpaired) electrons. The van der Waals surface area contributed by atoms with Crippen molar-refractivity contribution >= 4 is 29.4 Å². The number of carboxylic acids is 1. The average molecular weight is 446 g/mol. The van der Waals surface area contributed by atoms with E-state index in [1.54, 1.807) is 36.3 Å². The number of rotatable bonds is 8. The lowest BCUT2D eigenvalue weighted by Gasteiger charge is -2.31. The number of nitrogens with one attached hydrogen (secondary N) is 1. The Morgan fingerprint density at radius 3 is 2.53 bits per heavy atom. The number of anilines is 1. The molecule has 9 heteroatoms. The topological polar surface area (TPSA) is 116 Å². The van der Waals surface area contributed by atoms with Gasteiger partial charge in [0.2, 0.25) is 17.7 Å². The molecule has 9 nitrogen and oxygen atoms in total. The lowest BCUT2D eigenvalue weighted by molar-refractivity contribution is -0.150. The Labute approximate surface area is 187 Å². The molecule has 1 aromatic carbocycles. The third-order valence-corrected chi connectivity index (χ3v) is 6.48. The first-order valence-electron chi connectivity index (χ1n) is 11.0. The number of hydrogen-bond donors (Lipinski definition) is 2. The monoisotopic (exact) mass is 445 g/mol. The van der Waals surface area contributed by atoms with Gasteiger partial charge in [-0.2, -0.15) is 0 Å². The molecule has 2 aliphatic heterocycles. The van der Waals surface area contributed by atoms with Crippen molar-refractivity contribution in [3.63, 3.8) is 0 Å². The molecule has 0 saturated carbocycles. The van der Waals surface area contributed by atoms with E-state index in [1.807, 2.05) is 13.8 Å². The fraction of sp³-hybridized carbons (Fsp3) is 0.565. The smallest absolute Gasteiger partial charge is 0.326 e. The molecule has 0 aromatic heterocycles. The van der Waals surface area contributed by atoms with Gasteiger partial charge in [-0.15, -0.1) is 0 Å². The summed E-state index contributed by atoms with van der Waals surface area (Å²) in [6.07, 6.45) is 1.73. The van der Waals surface area contributed by atoms with Crippen molar-refractivity contribution in [2.45, 2.75) is 51.6 Å². The second kappa shape index (κ2) is 10.0. The predicted octanol–water partition coefficient (Wildman–Crippen LogP) is 1.65. The first-order valence-corrected chi connectivity index (χ1v) is 11.0. The second-order valence-electron chi connectivity index (χ2n) is 8.50. The van der Waals surface area contributed by atoms with Gasteiger partial charge in [-0.1, -0.05) is 20.3 Å². The number of methoxy groups -OCH3 is 1. The van der Waals surface area contributed by atoms with E-state index in [1.165, 1.54) is 4.90 Å². The summed E-state index contributed by atoms with van der Waals surface area (Å²) in [4.78, 5) is 53.2. The standard InChI is InChI=1S/C23H31N3O6/c1-4-14(2)20(22(29)25-11-5-6-18(25)23(30)31)24-21(28)15-12-19(27)26(13-15)16-7-9-17(32-3)10-8-16/h7-10,14-15,18,20H,4-6,11-13H2,1-3H3,(H,24,28)(H,30,31)/t14-,15+,18-,20-/m0/s1. The van der Waals surface area contributed by atoms with E-state index in [9.17, 15) is 24.3 Å². The summed E-state index contributed by atoms with van der Waals surface area (Å²) in [6.45, 7) is 4.37. The van der Waals surface area contributed by atoms with Crippen molar-refractivity contribution in [2.24, 2.45) is 11.8 Å². The highest BCUT2D eigenvalue weighted by Crippen LogP contribution is 2.28. The highest BCUT2D eigenvalue weighted by Gasteiger charge is 2.41. The molecule has 4 atom stereocenters. The van der Waals surface area contributed by atoms with Gasteiger partial charge in [0.1, 0.15) is 17.8 Å². The highest BCUT2D eigenvalue weighted by atomic mass is 16.5. The number of hydrogen-bond acceptors (Lipinski definition) is 5. The van der Waals surface area contributed by atoms with Gasteiger partial charge in [-0.25, -0.2) is 4.79 Å². The van der Waals surface area contributed by atoms with Crippen LogP contribution in [0.25, 0.3) is 0 Å².